The summed E-state index contributed by atoms with van der Waals surface area (Å²) in [5.41, 5.74) is 3.47. The van der Waals surface area contributed by atoms with Crippen LogP contribution in [-0.2, 0) is 13.1 Å². The predicted molar refractivity (Wildman–Crippen MR) is 129 cm³/mol. The first kappa shape index (κ1) is 23.9. The largest absolute Gasteiger partial charge is 0.497 e. The highest BCUT2D eigenvalue weighted by Gasteiger charge is 2.23. The molecule has 0 aliphatic carbocycles. The lowest BCUT2D eigenvalue weighted by Crippen LogP contribution is -2.44. The Morgan fingerprint density at radius 3 is 2.53 bits per heavy atom. The third-order valence-corrected chi connectivity index (χ3v) is 5.68. The van der Waals surface area contributed by atoms with E-state index in [4.69, 9.17) is 14.5 Å². The average molecular weight is 443 g/mol. The molecule has 1 aliphatic rings. The SMILES string of the molecule is CCNC(=NCCCn1nc(C)cc1C)NC1CCN(Cc2cc(OC)cc(OC)c2)C1. The highest BCUT2D eigenvalue weighted by atomic mass is 16.5. The molecule has 1 saturated heterocycles. The average Bonchev–Trinajstić information content (AvgIpc) is 3.35. The van der Waals surface area contributed by atoms with Gasteiger partial charge in [0.1, 0.15) is 11.5 Å². The quantitative estimate of drug-likeness (QED) is 0.335. The Bertz CT molecular complexity index is 872. The second kappa shape index (κ2) is 11.8. The second-order valence-electron chi connectivity index (χ2n) is 8.35. The fourth-order valence-corrected chi connectivity index (χ4v) is 4.14. The Labute approximate surface area is 192 Å². The Kier molecular flexibility index (Phi) is 8.79. The molecule has 8 heteroatoms. The molecule has 0 spiro atoms. The number of ether oxygens (including phenoxy) is 2. The van der Waals surface area contributed by atoms with E-state index in [1.165, 1.54) is 11.3 Å². The first-order chi connectivity index (χ1) is 15.5. The number of benzene rings is 1. The molecule has 0 bridgehead atoms. The van der Waals surface area contributed by atoms with Gasteiger partial charge in [-0.3, -0.25) is 14.6 Å². The summed E-state index contributed by atoms with van der Waals surface area (Å²) in [5, 5.41) is 11.5. The molecule has 2 N–H and O–H groups in total. The zero-order valence-electron chi connectivity index (χ0n) is 20.1. The van der Waals surface area contributed by atoms with E-state index < -0.39 is 0 Å². The maximum atomic E-state index is 5.40. The number of aliphatic imine (C=N–C) groups is 1. The predicted octanol–water partition coefficient (Wildman–Crippen LogP) is 2.74. The van der Waals surface area contributed by atoms with E-state index in [1.807, 2.05) is 13.0 Å². The highest BCUT2D eigenvalue weighted by Crippen LogP contribution is 2.24. The summed E-state index contributed by atoms with van der Waals surface area (Å²) in [6, 6.07) is 8.57. The van der Waals surface area contributed by atoms with Crippen molar-refractivity contribution >= 4 is 5.96 Å². The maximum absolute atomic E-state index is 5.40. The van der Waals surface area contributed by atoms with Crippen molar-refractivity contribution < 1.29 is 9.47 Å². The summed E-state index contributed by atoms with van der Waals surface area (Å²) < 4.78 is 12.9. The molecule has 2 heterocycles. The molecule has 1 aromatic heterocycles. The molecule has 0 amide bonds. The zero-order valence-corrected chi connectivity index (χ0v) is 20.1. The Morgan fingerprint density at radius 1 is 1.16 bits per heavy atom. The van der Waals surface area contributed by atoms with Crippen LogP contribution in [-0.4, -0.2) is 67.1 Å². The van der Waals surface area contributed by atoms with Gasteiger partial charge in [-0.05, 0) is 57.4 Å². The van der Waals surface area contributed by atoms with Gasteiger partial charge >= 0.3 is 0 Å². The van der Waals surface area contributed by atoms with Crippen LogP contribution >= 0.6 is 0 Å². The minimum absolute atomic E-state index is 0.385. The van der Waals surface area contributed by atoms with Crippen molar-refractivity contribution in [1.29, 1.82) is 0 Å². The highest BCUT2D eigenvalue weighted by molar-refractivity contribution is 5.80. The van der Waals surface area contributed by atoms with Gasteiger partial charge in [0.2, 0.25) is 0 Å². The summed E-state index contributed by atoms with van der Waals surface area (Å²) in [4.78, 5) is 7.24. The first-order valence-electron chi connectivity index (χ1n) is 11.5. The number of nitrogens with zero attached hydrogens (tertiary/aromatic N) is 4. The van der Waals surface area contributed by atoms with E-state index in [9.17, 15) is 0 Å². The van der Waals surface area contributed by atoms with Crippen molar-refractivity contribution in [1.82, 2.24) is 25.3 Å². The van der Waals surface area contributed by atoms with Crippen LogP contribution in [0.25, 0.3) is 0 Å². The van der Waals surface area contributed by atoms with Crippen molar-refractivity contribution in [3.05, 3.63) is 41.2 Å². The van der Waals surface area contributed by atoms with Gasteiger partial charge < -0.3 is 20.1 Å². The Hall–Kier alpha value is -2.74. The third kappa shape index (κ3) is 6.88. The van der Waals surface area contributed by atoms with Crippen LogP contribution < -0.4 is 20.1 Å². The van der Waals surface area contributed by atoms with Gasteiger partial charge in [0.05, 0.1) is 19.9 Å². The van der Waals surface area contributed by atoms with Crippen LogP contribution in [0.4, 0.5) is 0 Å². The van der Waals surface area contributed by atoms with E-state index in [2.05, 4.69) is 57.4 Å². The summed E-state index contributed by atoms with van der Waals surface area (Å²) in [6.07, 6.45) is 2.06. The summed E-state index contributed by atoms with van der Waals surface area (Å²) >= 11 is 0. The lowest BCUT2D eigenvalue weighted by Gasteiger charge is -2.19. The number of nitrogens with one attached hydrogen (secondary N) is 2. The van der Waals surface area contributed by atoms with Crippen molar-refractivity contribution in [2.24, 2.45) is 4.99 Å². The van der Waals surface area contributed by atoms with E-state index in [0.29, 0.717) is 6.04 Å². The number of hydrogen-bond donors (Lipinski definition) is 2. The van der Waals surface area contributed by atoms with E-state index in [1.54, 1.807) is 14.2 Å². The standard InChI is InChI=1S/C24H38N6O2/c1-6-25-24(26-9-7-10-30-19(3)12-18(2)28-30)27-21-8-11-29(17-21)16-20-13-22(31-4)15-23(14-20)32-5/h12-15,21H,6-11,16-17H2,1-5H3,(H2,25,26,27). The molecule has 8 nitrogen and oxygen atoms in total. The number of aryl methyl sites for hydroxylation is 3. The number of guanidine groups is 1. The molecule has 1 fully saturated rings. The summed E-state index contributed by atoms with van der Waals surface area (Å²) in [6.45, 7) is 11.7. The summed E-state index contributed by atoms with van der Waals surface area (Å²) in [5.74, 6) is 2.56. The van der Waals surface area contributed by atoms with Crippen molar-refractivity contribution in [3.63, 3.8) is 0 Å². The van der Waals surface area contributed by atoms with E-state index in [0.717, 1.165) is 75.3 Å². The fraction of sp³-hybridized carbons (Fsp3) is 0.583. The van der Waals surface area contributed by atoms with Gasteiger partial charge in [-0.1, -0.05) is 0 Å². The van der Waals surface area contributed by atoms with Crippen molar-refractivity contribution in [3.8, 4) is 11.5 Å². The van der Waals surface area contributed by atoms with Crippen LogP contribution in [0.2, 0.25) is 0 Å². The normalized spacial score (nSPS) is 16.9. The molecular formula is C24H38N6O2. The van der Waals surface area contributed by atoms with Gasteiger partial charge in [0, 0.05) is 57.1 Å². The molecule has 1 atom stereocenters. The van der Waals surface area contributed by atoms with Crippen molar-refractivity contribution in [2.75, 3.05) is 40.4 Å². The van der Waals surface area contributed by atoms with Gasteiger partial charge in [-0.25, -0.2) is 0 Å². The lowest BCUT2D eigenvalue weighted by molar-refractivity contribution is 0.321. The lowest BCUT2D eigenvalue weighted by atomic mass is 10.2. The second-order valence-corrected chi connectivity index (χ2v) is 8.35. The van der Waals surface area contributed by atoms with Crippen molar-refractivity contribution in [2.45, 2.75) is 52.7 Å². The van der Waals surface area contributed by atoms with Crippen LogP contribution in [0, 0.1) is 13.8 Å². The molecule has 0 radical (unpaired) electrons. The van der Waals surface area contributed by atoms with Gasteiger partial charge in [0.25, 0.3) is 0 Å². The molecule has 1 unspecified atom stereocenters. The van der Waals surface area contributed by atoms with Crippen LogP contribution in [0.5, 0.6) is 11.5 Å². The molecule has 176 valence electrons. The van der Waals surface area contributed by atoms with E-state index >= 15 is 0 Å². The number of likely N-dealkylation sites (tertiary alicyclic amines) is 1. The Morgan fingerprint density at radius 2 is 1.91 bits per heavy atom. The molecule has 2 aromatic rings. The minimum Gasteiger partial charge on any atom is -0.497 e. The van der Waals surface area contributed by atoms with Gasteiger partial charge in [-0.2, -0.15) is 5.10 Å². The molecular weight excluding hydrogens is 404 g/mol. The number of rotatable bonds is 10. The molecule has 3 rings (SSSR count). The van der Waals surface area contributed by atoms with Crippen LogP contribution in [0.15, 0.2) is 29.3 Å². The number of aromatic nitrogens is 2. The Balaban J connectivity index is 1.49. The summed E-state index contributed by atoms with van der Waals surface area (Å²) in [7, 11) is 3.38. The molecule has 32 heavy (non-hydrogen) atoms. The topological polar surface area (TPSA) is 75.9 Å². The van der Waals surface area contributed by atoms with Gasteiger partial charge in [-0.15, -0.1) is 0 Å². The van der Waals surface area contributed by atoms with Crippen LogP contribution in [0.3, 0.4) is 0 Å². The number of methoxy groups -OCH3 is 2. The first-order valence-corrected chi connectivity index (χ1v) is 11.5. The number of hydrogen-bond acceptors (Lipinski definition) is 5. The van der Waals surface area contributed by atoms with E-state index in [-0.39, 0.29) is 0 Å². The smallest absolute Gasteiger partial charge is 0.191 e. The minimum atomic E-state index is 0.385. The fourth-order valence-electron chi connectivity index (χ4n) is 4.14. The third-order valence-electron chi connectivity index (χ3n) is 5.68. The molecule has 1 aromatic carbocycles. The molecule has 0 saturated carbocycles. The monoisotopic (exact) mass is 442 g/mol. The van der Waals surface area contributed by atoms with Gasteiger partial charge in [0.15, 0.2) is 5.96 Å². The van der Waals surface area contributed by atoms with Crippen LogP contribution in [0.1, 0.15) is 36.7 Å². The zero-order chi connectivity index (χ0) is 22.9. The maximum Gasteiger partial charge on any atom is 0.191 e. The molecule has 1 aliphatic heterocycles.